The molecule has 0 saturated heterocycles. The fourth-order valence-electron chi connectivity index (χ4n) is 1.62. The Morgan fingerprint density at radius 1 is 1.29 bits per heavy atom. The molecule has 0 saturated carbocycles. The van der Waals surface area contributed by atoms with Gasteiger partial charge in [-0.25, -0.2) is 4.79 Å². The van der Waals surface area contributed by atoms with Crippen LogP contribution in [-0.2, 0) is 14.4 Å². The van der Waals surface area contributed by atoms with Gasteiger partial charge in [0.1, 0.15) is 11.8 Å². The number of carbonyl (C=O) groups is 3. The van der Waals surface area contributed by atoms with E-state index in [0.29, 0.717) is 5.75 Å². The molecule has 0 aromatic heterocycles. The number of aliphatic carboxylic acids is 2. The lowest BCUT2D eigenvalue weighted by atomic mass is 10.1. The summed E-state index contributed by atoms with van der Waals surface area (Å²) < 4.78 is 5.23. The van der Waals surface area contributed by atoms with Gasteiger partial charge in [-0.15, -0.1) is 0 Å². The predicted octanol–water partition coefficient (Wildman–Crippen LogP) is 0.808. The average molecular weight is 295 g/mol. The van der Waals surface area contributed by atoms with E-state index in [9.17, 15) is 14.4 Å². The summed E-state index contributed by atoms with van der Waals surface area (Å²) in [5.74, 6) is -2.51. The number of carboxylic acid groups (broad SMARTS) is 2. The molecule has 7 nitrogen and oxygen atoms in total. The van der Waals surface area contributed by atoms with Gasteiger partial charge in [0.05, 0.1) is 0 Å². The number of ether oxygens (including phenoxy) is 1. The second-order valence-electron chi connectivity index (χ2n) is 4.50. The Labute approximate surface area is 121 Å². The van der Waals surface area contributed by atoms with Crippen molar-refractivity contribution in [1.29, 1.82) is 0 Å². The molecule has 0 spiro atoms. The van der Waals surface area contributed by atoms with Gasteiger partial charge in [-0.3, -0.25) is 9.59 Å². The number of carbonyl (C=O) groups excluding carboxylic acids is 1. The maximum Gasteiger partial charge on any atom is 0.326 e. The molecule has 0 aliphatic carbocycles. The Bertz CT molecular complexity index is 528. The zero-order valence-corrected chi connectivity index (χ0v) is 11.5. The maximum absolute atomic E-state index is 11.6. The summed E-state index contributed by atoms with van der Waals surface area (Å²) in [4.78, 5) is 33.0. The first-order valence-corrected chi connectivity index (χ1v) is 6.32. The summed E-state index contributed by atoms with van der Waals surface area (Å²) in [6.45, 7) is 1.54. The van der Waals surface area contributed by atoms with E-state index in [4.69, 9.17) is 14.9 Å². The molecule has 0 fully saturated rings. The van der Waals surface area contributed by atoms with Crippen molar-refractivity contribution in [2.24, 2.45) is 0 Å². The van der Waals surface area contributed by atoms with Crippen molar-refractivity contribution in [3.63, 3.8) is 0 Å². The van der Waals surface area contributed by atoms with Crippen LogP contribution in [0.5, 0.6) is 5.75 Å². The third-order valence-electron chi connectivity index (χ3n) is 2.64. The number of carboxylic acids is 2. The molecule has 1 aromatic rings. The molecule has 1 atom stereocenters. The molecule has 1 rings (SSSR count). The molecule has 1 unspecified atom stereocenters. The van der Waals surface area contributed by atoms with Crippen LogP contribution in [0.15, 0.2) is 24.3 Å². The Morgan fingerprint density at radius 3 is 2.57 bits per heavy atom. The monoisotopic (exact) mass is 295 g/mol. The van der Waals surface area contributed by atoms with Crippen LogP contribution in [0, 0.1) is 6.92 Å². The van der Waals surface area contributed by atoms with Crippen molar-refractivity contribution in [2.45, 2.75) is 25.8 Å². The van der Waals surface area contributed by atoms with Gasteiger partial charge in [0, 0.05) is 6.42 Å². The summed E-state index contributed by atoms with van der Waals surface area (Å²) >= 11 is 0. The first kappa shape index (κ1) is 16.5. The van der Waals surface area contributed by atoms with Crippen LogP contribution in [-0.4, -0.2) is 40.7 Å². The van der Waals surface area contributed by atoms with E-state index in [2.05, 4.69) is 5.32 Å². The molecular weight excluding hydrogens is 278 g/mol. The quantitative estimate of drug-likeness (QED) is 0.654. The minimum absolute atomic E-state index is 0.180. The average Bonchev–Trinajstić information content (AvgIpc) is 2.40. The first-order valence-electron chi connectivity index (χ1n) is 6.32. The van der Waals surface area contributed by atoms with Gasteiger partial charge in [0.15, 0.2) is 6.61 Å². The summed E-state index contributed by atoms with van der Waals surface area (Å²) in [5.41, 5.74) is 0.970. The summed E-state index contributed by atoms with van der Waals surface area (Å²) in [7, 11) is 0. The molecule has 0 aliphatic heterocycles. The van der Waals surface area contributed by atoms with E-state index >= 15 is 0 Å². The van der Waals surface area contributed by atoms with Gasteiger partial charge in [0.2, 0.25) is 0 Å². The Hall–Kier alpha value is -2.57. The zero-order valence-electron chi connectivity index (χ0n) is 11.5. The van der Waals surface area contributed by atoms with Gasteiger partial charge < -0.3 is 20.3 Å². The van der Waals surface area contributed by atoms with Crippen LogP contribution in [0.25, 0.3) is 0 Å². The molecule has 0 radical (unpaired) electrons. The highest BCUT2D eigenvalue weighted by Crippen LogP contribution is 2.12. The summed E-state index contributed by atoms with van der Waals surface area (Å²) in [5, 5.41) is 19.7. The second-order valence-corrected chi connectivity index (χ2v) is 4.50. The number of benzene rings is 1. The smallest absolute Gasteiger partial charge is 0.326 e. The van der Waals surface area contributed by atoms with E-state index in [1.54, 1.807) is 18.2 Å². The molecule has 21 heavy (non-hydrogen) atoms. The first-order chi connectivity index (χ1) is 9.88. The number of hydrogen-bond donors (Lipinski definition) is 3. The van der Waals surface area contributed by atoms with Gasteiger partial charge in [-0.05, 0) is 31.0 Å². The largest absolute Gasteiger partial charge is 0.484 e. The third-order valence-corrected chi connectivity index (χ3v) is 2.64. The fourth-order valence-corrected chi connectivity index (χ4v) is 1.62. The van der Waals surface area contributed by atoms with Crippen LogP contribution < -0.4 is 10.1 Å². The molecule has 0 aliphatic rings. The maximum atomic E-state index is 11.6. The van der Waals surface area contributed by atoms with Crippen LogP contribution in [0.2, 0.25) is 0 Å². The highest BCUT2D eigenvalue weighted by atomic mass is 16.5. The molecule has 1 aromatic carbocycles. The minimum Gasteiger partial charge on any atom is -0.484 e. The van der Waals surface area contributed by atoms with Crippen molar-refractivity contribution < 1.29 is 29.3 Å². The lowest BCUT2D eigenvalue weighted by Gasteiger charge is -2.14. The van der Waals surface area contributed by atoms with Crippen molar-refractivity contribution in [3.05, 3.63) is 29.8 Å². The van der Waals surface area contributed by atoms with Gasteiger partial charge in [-0.2, -0.15) is 0 Å². The SMILES string of the molecule is Cc1cccc(OCC(=O)NC(CCC(=O)O)C(=O)O)c1. The van der Waals surface area contributed by atoms with E-state index < -0.39 is 23.9 Å². The Kier molecular flexibility index (Phi) is 6.19. The summed E-state index contributed by atoms with van der Waals surface area (Å²) in [6, 6.07) is 5.83. The lowest BCUT2D eigenvalue weighted by Crippen LogP contribution is -2.43. The van der Waals surface area contributed by atoms with Crippen molar-refractivity contribution in [2.75, 3.05) is 6.61 Å². The van der Waals surface area contributed by atoms with Crippen LogP contribution in [0.4, 0.5) is 0 Å². The topological polar surface area (TPSA) is 113 Å². The van der Waals surface area contributed by atoms with E-state index in [-0.39, 0.29) is 19.4 Å². The van der Waals surface area contributed by atoms with Crippen LogP contribution in [0.1, 0.15) is 18.4 Å². The molecule has 114 valence electrons. The minimum atomic E-state index is -1.28. The Morgan fingerprint density at radius 2 is 2.00 bits per heavy atom. The molecular formula is C14H17NO6. The number of aryl methyl sites for hydroxylation is 1. The molecule has 0 bridgehead atoms. The van der Waals surface area contributed by atoms with Crippen molar-refractivity contribution in [3.8, 4) is 5.75 Å². The van der Waals surface area contributed by atoms with Crippen LogP contribution >= 0.6 is 0 Å². The third kappa shape index (κ3) is 6.42. The number of rotatable bonds is 8. The number of amides is 1. The van der Waals surface area contributed by atoms with Crippen molar-refractivity contribution in [1.82, 2.24) is 5.32 Å². The van der Waals surface area contributed by atoms with E-state index in [1.165, 1.54) is 0 Å². The fraction of sp³-hybridized carbons (Fsp3) is 0.357. The van der Waals surface area contributed by atoms with Gasteiger partial charge >= 0.3 is 11.9 Å². The summed E-state index contributed by atoms with van der Waals surface area (Å²) in [6.07, 6.45) is -0.517. The van der Waals surface area contributed by atoms with E-state index in [1.807, 2.05) is 13.0 Å². The van der Waals surface area contributed by atoms with Gasteiger partial charge in [0.25, 0.3) is 5.91 Å². The predicted molar refractivity (Wildman–Crippen MR) is 73.1 cm³/mol. The number of hydrogen-bond acceptors (Lipinski definition) is 4. The molecule has 3 N–H and O–H groups in total. The van der Waals surface area contributed by atoms with Crippen molar-refractivity contribution >= 4 is 17.8 Å². The highest BCUT2D eigenvalue weighted by Gasteiger charge is 2.21. The van der Waals surface area contributed by atoms with Crippen LogP contribution in [0.3, 0.4) is 0 Å². The normalized spacial score (nSPS) is 11.5. The molecule has 0 heterocycles. The van der Waals surface area contributed by atoms with Gasteiger partial charge in [-0.1, -0.05) is 12.1 Å². The zero-order chi connectivity index (χ0) is 15.8. The van der Waals surface area contributed by atoms with E-state index in [0.717, 1.165) is 5.56 Å². The lowest BCUT2D eigenvalue weighted by molar-refractivity contribution is -0.143. The Balaban J connectivity index is 2.46. The molecule has 1 amide bonds. The number of nitrogens with one attached hydrogen (secondary N) is 1. The second kappa shape index (κ2) is 7.88. The highest BCUT2D eigenvalue weighted by molar-refractivity contribution is 5.84. The standard InChI is InChI=1S/C14H17NO6/c1-9-3-2-4-10(7-9)21-8-12(16)15-11(14(19)20)5-6-13(17)18/h2-4,7,11H,5-6,8H2,1H3,(H,15,16)(H,17,18)(H,19,20). The molecule has 7 heteroatoms.